The summed E-state index contributed by atoms with van der Waals surface area (Å²) in [6.07, 6.45) is 1.60. The number of benzene rings is 2. The average molecular weight is 352 g/mol. The Morgan fingerprint density at radius 3 is 2.42 bits per heavy atom. The molecule has 0 bridgehead atoms. The highest BCUT2D eigenvalue weighted by atomic mass is 16.5. The van der Waals surface area contributed by atoms with Crippen LogP contribution in [0.2, 0.25) is 0 Å². The van der Waals surface area contributed by atoms with Gasteiger partial charge in [-0.25, -0.2) is 0 Å². The summed E-state index contributed by atoms with van der Waals surface area (Å²) in [5.74, 6) is 0.601. The van der Waals surface area contributed by atoms with Crippen molar-refractivity contribution in [2.75, 3.05) is 18.5 Å². The molecule has 26 heavy (non-hydrogen) atoms. The number of anilines is 1. The van der Waals surface area contributed by atoms with E-state index < -0.39 is 0 Å². The molecular weight excluding hydrogens is 328 g/mol. The summed E-state index contributed by atoms with van der Waals surface area (Å²) < 4.78 is 5.62. The molecule has 0 fully saturated rings. The fourth-order valence-corrected chi connectivity index (χ4v) is 2.21. The summed E-state index contributed by atoms with van der Waals surface area (Å²) in [5, 5.41) is 5.50. The van der Waals surface area contributed by atoms with Gasteiger partial charge in [0.25, 0.3) is 11.8 Å². The van der Waals surface area contributed by atoms with Gasteiger partial charge in [0.1, 0.15) is 5.75 Å². The second kappa shape index (κ2) is 9.42. The first-order valence-corrected chi connectivity index (χ1v) is 8.53. The quantitative estimate of drug-likeness (QED) is 0.708. The standard InChI is InChI=1S/C21H24N2O3/c1-4-13-22-21(25)18-7-5-6-8-19(18)23-20(24)16-9-11-17(12-10-16)26-14-15(2)3/h4-12,15H,1,13-14H2,2-3H3,(H,22,25)(H,23,24). The third-order valence-electron chi connectivity index (χ3n) is 3.53. The van der Waals surface area contributed by atoms with E-state index in [2.05, 4.69) is 31.1 Å². The van der Waals surface area contributed by atoms with Crippen LogP contribution in [0.25, 0.3) is 0 Å². The topological polar surface area (TPSA) is 67.4 Å². The predicted octanol–water partition coefficient (Wildman–Crippen LogP) is 3.89. The molecule has 0 aliphatic rings. The molecule has 0 aliphatic heterocycles. The van der Waals surface area contributed by atoms with Gasteiger partial charge in [0.2, 0.25) is 0 Å². The third kappa shape index (κ3) is 5.48. The van der Waals surface area contributed by atoms with Crippen LogP contribution in [-0.2, 0) is 0 Å². The molecule has 0 atom stereocenters. The van der Waals surface area contributed by atoms with Crippen LogP contribution in [-0.4, -0.2) is 25.0 Å². The van der Waals surface area contributed by atoms with Crippen molar-refractivity contribution < 1.29 is 14.3 Å². The number of para-hydroxylation sites is 1. The molecule has 2 amide bonds. The van der Waals surface area contributed by atoms with Crippen molar-refractivity contribution in [1.82, 2.24) is 5.32 Å². The van der Waals surface area contributed by atoms with Crippen molar-refractivity contribution in [3.63, 3.8) is 0 Å². The highest BCUT2D eigenvalue weighted by Crippen LogP contribution is 2.18. The van der Waals surface area contributed by atoms with Crippen molar-refractivity contribution >= 4 is 17.5 Å². The van der Waals surface area contributed by atoms with Crippen molar-refractivity contribution in [3.8, 4) is 5.75 Å². The summed E-state index contributed by atoms with van der Waals surface area (Å²) in [5.41, 5.74) is 1.35. The lowest BCUT2D eigenvalue weighted by molar-refractivity contribution is 0.0959. The summed E-state index contributed by atoms with van der Waals surface area (Å²) in [6.45, 7) is 8.70. The second-order valence-corrected chi connectivity index (χ2v) is 6.23. The number of hydrogen-bond acceptors (Lipinski definition) is 3. The van der Waals surface area contributed by atoms with Gasteiger partial charge in [-0.05, 0) is 42.3 Å². The van der Waals surface area contributed by atoms with Crippen LogP contribution in [0.15, 0.2) is 61.2 Å². The largest absolute Gasteiger partial charge is 0.493 e. The van der Waals surface area contributed by atoms with Crippen LogP contribution in [0.4, 0.5) is 5.69 Å². The minimum Gasteiger partial charge on any atom is -0.493 e. The van der Waals surface area contributed by atoms with Crippen molar-refractivity contribution in [3.05, 3.63) is 72.3 Å². The lowest BCUT2D eigenvalue weighted by atomic mass is 10.1. The molecule has 0 saturated heterocycles. The Balaban J connectivity index is 2.08. The molecule has 5 heteroatoms. The van der Waals surface area contributed by atoms with Gasteiger partial charge in [0.15, 0.2) is 0 Å². The maximum absolute atomic E-state index is 12.5. The van der Waals surface area contributed by atoms with E-state index in [9.17, 15) is 9.59 Å². The van der Waals surface area contributed by atoms with E-state index in [1.807, 2.05) is 0 Å². The van der Waals surface area contributed by atoms with Crippen LogP contribution in [0.3, 0.4) is 0 Å². The molecule has 136 valence electrons. The van der Waals surface area contributed by atoms with Crippen molar-refractivity contribution in [1.29, 1.82) is 0 Å². The maximum Gasteiger partial charge on any atom is 0.255 e. The number of carbonyl (C=O) groups is 2. The Labute approximate surface area is 154 Å². The second-order valence-electron chi connectivity index (χ2n) is 6.23. The molecule has 0 aliphatic carbocycles. The Bertz CT molecular complexity index is 767. The SMILES string of the molecule is C=CCNC(=O)c1ccccc1NC(=O)c1ccc(OCC(C)C)cc1. The van der Waals surface area contributed by atoms with E-state index in [-0.39, 0.29) is 11.8 Å². The molecule has 0 unspecified atom stereocenters. The Kier molecular flexibility index (Phi) is 6.97. The molecule has 2 aromatic rings. The number of nitrogens with one attached hydrogen (secondary N) is 2. The first-order valence-electron chi connectivity index (χ1n) is 8.53. The Morgan fingerprint density at radius 2 is 1.77 bits per heavy atom. The minimum absolute atomic E-state index is 0.266. The number of ether oxygens (including phenoxy) is 1. The Morgan fingerprint density at radius 1 is 1.08 bits per heavy atom. The number of carbonyl (C=O) groups excluding carboxylic acids is 2. The van der Waals surface area contributed by atoms with E-state index in [4.69, 9.17) is 4.74 Å². The summed E-state index contributed by atoms with van der Waals surface area (Å²) in [7, 11) is 0. The molecule has 2 N–H and O–H groups in total. The number of rotatable bonds is 8. The van der Waals surface area contributed by atoms with Gasteiger partial charge in [-0.3, -0.25) is 9.59 Å². The average Bonchev–Trinajstić information content (AvgIpc) is 2.65. The molecule has 5 nitrogen and oxygen atoms in total. The Hall–Kier alpha value is -3.08. The zero-order valence-corrected chi connectivity index (χ0v) is 15.1. The lowest BCUT2D eigenvalue weighted by Gasteiger charge is -2.12. The number of hydrogen-bond donors (Lipinski definition) is 2. The molecular formula is C21H24N2O3. The highest BCUT2D eigenvalue weighted by molar-refractivity contribution is 6.09. The third-order valence-corrected chi connectivity index (χ3v) is 3.53. The monoisotopic (exact) mass is 352 g/mol. The van der Waals surface area contributed by atoms with Gasteiger partial charge < -0.3 is 15.4 Å². The van der Waals surface area contributed by atoms with Crippen LogP contribution in [0.1, 0.15) is 34.6 Å². The first kappa shape index (κ1) is 19.2. The zero-order chi connectivity index (χ0) is 18.9. The van der Waals surface area contributed by atoms with Gasteiger partial charge in [-0.15, -0.1) is 6.58 Å². The summed E-state index contributed by atoms with van der Waals surface area (Å²) in [6, 6.07) is 13.8. The maximum atomic E-state index is 12.5. The van der Waals surface area contributed by atoms with Crippen LogP contribution < -0.4 is 15.4 Å². The zero-order valence-electron chi connectivity index (χ0n) is 15.1. The minimum atomic E-state index is -0.288. The van der Waals surface area contributed by atoms with Gasteiger partial charge in [-0.1, -0.05) is 32.1 Å². The van der Waals surface area contributed by atoms with Crippen LogP contribution >= 0.6 is 0 Å². The van der Waals surface area contributed by atoms with Gasteiger partial charge in [0, 0.05) is 12.1 Å². The van der Waals surface area contributed by atoms with Gasteiger partial charge in [0.05, 0.1) is 17.9 Å². The van der Waals surface area contributed by atoms with Crippen LogP contribution in [0.5, 0.6) is 5.75 Å². The molecule has 0 saturated carbocycles. The normalized spacial score (nSPS) is 10.3. The van der Waals surface area contributed by atoms with E-state index >= 15 is 0 Å². The molecule has 2 rings (SSSR count). The molecule has 2 aromatic carbocycles. The van der Waals surface area contributed by atoms with Crippen molar-refractivity contribution in [2.45, 2.75) is 13.8 Å². The van der Waals surface area contributed by atoms with E-state index in [1.54, 1.807) is 54.6 Å². The lowest BCUT2D eigenvalue weighted by Crippen LogP contribution is -2.25. The smallest absolute Gasteiger partial charge is 0.255 e. The van der Waals surface area contributed by atoms with E-state index in [0.717, 1.165) is 5.75 Å². The van der Waals surface area contributed by atoms with Gasteiger partial charge >= 0.3 is 0 Å². The predicted molar refractivity (Wildman–Crippen MR) is 104 cm³/mol. The first-order chi connectivity index (χ1) is 12.5. The number of amides is 2. The van der Waals surface area contributed by atoms with E-state index in [1.165, 1.54) is 0 Å². The highest BCUT2D eigenvalue weighted by Gasteiger charge is 2.13. The molecule has 0 aromatic heterocycles. The fraction of sp³-hybridized carbons (Fsp3) is 0.238. The molecule has 0 heterocycles. The summed E-state index contributed by atoms with van der Waals surface area (Å²) >= 11 is 0. The van der Waals surface area contributed by atoms with Gasteiger partial charge in [-0.2, -0.15) is 0 Å². The molecule has 0 spiro atoms. The summed E-state index contributed by atoms with van der Waals surface area (Å²) in [4.78, 5) is 24.7. The van der Waals surface area contributed by atoms with Crippen LogP contribution in [0, 0.1) is 5.92 Å². The fourth-order valence-electron chi connectivity index (χ4n) is 2.21. The van der Waals surface area contributed by atoms with Crippen molar-refractivity contribution in [2.24, 2.45) is 5.92 Å². The molecule has 0 radical (unpaired) electrons. The van der Waals surface area contributed by atoms with E-state index in [0.29, 0.717) is 35.9 Å².